The van der Waals surface area contributed by atoms with Crippen LogP contribution in [0, 0.1) is 5.92 Å². The Labute approximate surface area is 147 Å². The normalized spacial score (nSPS) is 23.3. The van der Waals surface area contributed by atoms with Crippen LogP contribution in [0.15, 0.2) is 24.3 Å². The quantitative estimate of drug-likeness (QED) is 0.902. The van der Waals surface area contributed by atoms with Gasteiger partial charge in [-0.15, -0.1) is 0 Å². The molecule has 1 fully saturated rings. The van der Waals surface area contributed by atoms with Crippen molar-refractivity contribution in [3.05, 3.63) is 35.5 Å². The van der Waals surface area contributed by atoms with E-state index in [9.17, 15) is 9.59 Å². The Morgan fingerprint density at radius 1 is 1.28 bits per heavy atom. The number of aromatic amines is 1. The van der Waals surface area contributed by atoms with Crippen LogP contribution in [0.25, 0.3) is 10.9 Å². The summed E-state index contributed by atoms with van der Waals surface area (Å²) in [5.41, 5.74) is 3.81. The van der Waals surface area contributed by atoms with Gasteiger partial charge in [0.15, 0.2) is 0 Å². The minimum Gasteiger partial charge on any atom is -0.358 e. The molecule has 5 heteroatoms. The van der Waals surface area contributed by atoms with E-state index in [-0.39, 0.29) is 29.8 Å². The largest absolute Gasteiger partial charge is 0.358 e. The van der Waals surface area contributed by atoms with Gasteiger partial charge in [0.2, 0.25) is 11.8 Å². The number of nitrogens with one attached hydrogen (secondary N) is 2. The number of carbonyl (C=O) groups excluding carboxylic acids is 2. The molecule has 1 aromatic carbocycles. The lowest BCUT2D eigenvalue weighted by Gasteiger charge is -2.25. The summed E-state index contributed by atoms with van der Waals surface area (Å²) in [6.07, 6.45) is 3.11. The van der Waals surface area contributed by atoms with Crippen LogP contribution in [-0.2, 0) is 22.4 Å². The lowest BCUT2D eigenvalue weighted by Crippen LogP contribution is -2.43. The summed E-state index contributed by atoms with van der Waals surface area (Å²) in [4.78, 5) is 29.9. The SMILES string of the molecule is CC(C)N1CC(C(=O)NC2CCc3c([nH]c4ccccc34)C2)CC1=O. The number of hydrogen-bond acceptors (Lipinski definition) is 2. The average molecular weight is 339 g/mol. The summed E-state index contributed by atoms with van der Waals surface area (Å²) in [6.45, 7) is 4.54. The Kier molecular flexibility index (Phi) is 4.02. The average Bonchev–Trinajstić information content (AvgIpc) is 3.15. The molecule has 2 aliphatic rings. The first-order valence-electron chi connectivity index (χ1n) is 9.21. The molecule has 2 atom stereocenters. The predicted molar refractivity (Wildman–Crippen MR) is 97.2 cm³/mol. The van der Waals surface area contributed by atoms with Gasteiger partial charge in [0, 0.05) is 48.1 Å². The fraction of sp³-hybridized carbons (Fsp3) is 0.500. The maximum absolute atomic E-state index is 12.6. The number of aryl methyl sites for hydroxylation is 1. The van der Waals surface area contributed by atoms with E-state index in [1.54, 1.807) is 4.90 Å². The third kappa shape index (κ3) is 2.92. The van der Waals surface area contributed by atoms with Gasteiger partial charge < -0.3 is 15.2 Å². The summed E-state index contributed by atoms with van der Waals surface area (Å²) < 4.78 is 0. The number of hydrogen-bond donors (Lipinski definition) is 2. The van der Waals surface area contributed by atoms with Crippen LogP contribution in [0.3, 0.4) is 0 Å². The maximum Gasteiger partial charge on any atom is 0.225 e. The van der Waals surface area contributed by atoms with Crippen molar-refractivity contribution in [3.8, 4) is 0 Å². The minimum absolute atomic E-state index is 0.0288. The first-order valence-corrected chi connectivity index (χ1v) is 9.21. The van der Waals surface area contributed by atoms with Crippen molar-refractivity contribution >= 4 is 22.7 Å². The van der Waals surface area contributed by atoms with Gasteiger partial charge in [0.1, 0.15) is 0 Å². The molecule has 1 aliphatic heterocycles. The van der Waals surface area contributed by atoms with Gasteiger partial charge in [-0.3, -0.25) is 9.59 Å². The van der Waals surface area contributed by atoms with E-state index in [0.717, 1.165) is 19.3 Å². The van der Waals surface area contributed by atoms with E-state index in [4.69, 9.17) is 0 Å². The molecular weight excluding hydrogens is 314 g/mol. The maximum atomic E-state index is 12.6. The first kappa shape index (κ1) is 16.2. The minimum atomic E-state index is -0.209. The van der Waals surface area contributed by atoms with Crippen molar-refractivity contribution in [2.24, 2.45) is 5.92 Å². The Morgan fingerprint density at radius 3 is 2.84 bits per heavy atom. The second kappa shape index (κ2) is 6.21. The number of aromatic nitrogens is 1. The molecule has 0 saturated carbocycles. The third-order valence-corrected chi connectivity index (χ3v) is 5.59. The van der Waals surface area contributed by atoms with Crippen molar-refractivity contribution in [2.75, 3.05) is 6.54 Å². The van der Waals surface area contributed by atoms with Gasteiger partial charge >= 0.3 is 0 Å². The summed E-state index contributed by atoms with van der Waals surface area (Å²) in [7, 11) is 0. The zero-order chi connectivity index (χ0) is 17.6. The van der Waals surface area contributed by atoms with Crippen LogP contribution in [0.1, 0.15) is 37.9 Å². The number of H-pyrrole nitrogens is 1. The molecule has 4 rings (SSSR count). The predicted octanol–water partition coefficient (Wildman–Crippen LogP) is 2.40. The van der Waals surface area contributed by atoms with Crippen LogP contribution in [0.5, 0.6) is 0 Å². The van der Waals surface area contributed by atoms with Crippen molar-refractivity contribution in [2.45, 2.75) is 51.6 Å². The van der Waals surface area contributed by atoms with Crippen molar-refractivity contribution < 1.29 is 9.59 Å². The Bertz CT molecular complexity index is 823. The number of nitrogens with zero attached hydrogens (tertiary/aromatic N) is 1. The van der Waals surface area contributed by atoms with Gasteiger partial charge in [-0.2, -0.15) is 0 Å². The molecule has 2 N–H and O–H groups in total. The number of rotatable bonds is 3. The molecule has 2 unspecified atom stereocenters. The number of fused-ring (bicyclic) bond motifs is 3. The Balaban J connectivity index is 1.43. The van der Waals surface area contributed by atoms with Crippen LogP contribution >= 0.6 is 0 Å². The molecule has 2 amide bonds. The highest BCUT2D eigenvalue weighted by molar-refractivity contribution is 5.89. The molecule has 1 aliphatic carbocycles. The fourth-order valence-corrected chi connectivity index (χ4v) is 4.23. The summed E-state index contributed by atoms with van der Waals surface area (Å²) in [5.74, 6) is -0.0863. The third-order valence-electron chi connectivity index (χ3n) is 5.59. The Hall–Kier alpha value is -2.30. The molecule has 2 aromatic rings. The standard InChI is InChI=1S/C20H25N3O2/c1-12(2)23-11-13(9-19(23)24)20(25)21-14-7-8-16-15-5-3-4-6-17(15)22-18(16)10-14/h3-6,12-14,22H,7-11H2,1-2H3,(H,21,25). The first-order chi connectivity index (χ1) is 12.0. The van der Waals surface area contributed by atoms with Crippen molar-refractivity contribution in [1.29, 1.82) is 0 Å². The van der Waals surface area contributed by atoms with E-state index < -0.39 is 0 Å². The molecule has 2 heterocycles. The lowest BCUT2D eigenvalue weighted by molar-refractivity contribution is -0.130. The molecule has 0 radical (unpaired) electrons. The lowest BCUT2D eigenvalue weighted by atomic mass is 9.91. The van der Waals surface area contributed by atoms with Crippen LogP contribution in [0.4, 0.5) is 0 Å². The molecule has 5 nitrogen and oxygen atoms in total. The number of para-hydroxylation sites is 1. The molecule has 132 valence electrons. The van der Waals surface area contributed by atoms with E-state index >= 15 is 0 Å². The summed E-state index contributed by atoms with van der Waals surface area (Å²) in [5, 5.41) is 4.49. The smallest absolute Gasteiger partial charge is 0.225 e. The molecule has 0 bridgehead atoms. The fourth-order valence-electron chi connectivity index (χ4n) is 4.23. The van der Waals surface area contributed by atoms with Crippen LogP contribution < -0.4 is 5.32 Å². The van der Waals surface area contributed by atoms with E-state index in [0.29, 0.717) is 13.0 Å². The van der Waals surface area contributed by atoms with E-state index in [1.807, 2.05) is 19.9 Å². The van der Waals surface area contributed by atoms with Crippen LogP contribution in [0.2, 0.25) is 0 Å². The molecule has 25 heavy (non-hydrogen) atoms. The molecule has 1 aromatic heterocycles. The zero-order valence-electron chi connectivity index (χ0n) is 14.8. The molecular formula is C20H25N3O2. The van der Waals surface area contributed by atoms with Gasteiger partial charge in [-0.1, -0.05) is 18.2 Å². The Morgan fingerprint density at radius 2 is 2.08 bits per heavy atom. The zero-order valence-corrected chi connectivity index (χ0v) is 14.8. The summed E-state index contributed by atoms with van der Waals surface area (Å²) in [6, 6.07) is 8.69. The van der Waals surface area contributed by atoms with Gasteiger partial charge in [0.05, 0.1) is 5.92 Å². The second-order valence-corrected chi connectivity index (χ2v) is 7.62. The number of benzene rings is 1. The molecule has 0 spiro atoms. The summed E-state index contributed by atoms with van der Waals surface area (Å²) >= 11 is 0. The van der Waals surface area contributed by atoms with Gasteiger partial charge in [-0.25, -0.2) is 0 Å². The van der Waals surface area contributed by atoms with Crippen molar-refractivity contribution in [3.63, 3.8) is 0 Å². The molecule has 1 saturated heterocycles. The van der Waals surface area contributed by atoms with Gasteiger partial charge in [-0.05, 0) is 38.3 Å². The van der Waals surface area contributed by atoms with Crippen molar-refractivity contribution in [1.82, 2.24) is 15.2 Å². The van der Waals surface area contributed by atoms with Crippen LogP contribution in [-0.4, -0.2) is 40.3 Å². The monoisotopic (exact) mass is 339 g/mol. The number of amides is 2. The second-order valence-electron chi connectivity index (χ2n) is 7.62. The highest BCUT2D eigenvalue weighted by Gasteiger charge is 2.36. The van der Waals surface area contributed by atoms with E-state index in [2.05, 4.69) is 28.5 Å². The number of carbonyl (C=O) groups is 2. The highest BCUT2D eigenvalue weighted by atomic mass is 16.2. The van der Waals surface area contributed by atoms with Gasteiger partial charge in [0.25, 0.3) is 0 Å². The highest BCUT2D eigenvalue weighted by Crippen LogP contribution is 2.29. The topological polar surface area (TPSA) is 65.2 Å². The van der Waals surface area contributed by atoms with E-state index in [1.165, 1.54) is 22.2 Å². The number of likely N-dealkylation sites (tertiary alicyclic amines) is 1.